The molecule has 6 nitrogen and oxygen atoms in total. The summed E-state index contributed by atoms with van der Waals surface area (Å²) in [5.41, 5.74) is -0.750. The first-order valence-corrected chi connectivity index (χ1v) is 10.8. The fourth-order valence-corrected chi connectivity index (χ4v) is 5.05. The zero-order valence-corrected chi connectivity index (χ0v) is 17.9. The van der Waals surface area contributed by atoms with E-state index in [1.54, 1.807) is 13.0 Å². The summed E-state index contributed by atoms with van der Waals surface area (Å²) in [4.78, 5) is 10.7. The topological polar surface area (TPSA) is 74.1 Å². The van der Waals surface area contributed by atoms with Crippen LogP contribution in [0, 0.1) is 18.3 Å². The van der Waals surface area contributed by atoms with Crippen molar-refractivity contribution in [2.45, 2.75) is 68.8 Å². The number of hydrogen-bond acceptors (Lipinski definition) is 6. The van der Waals surface area contributed by atoms with Gasteiger partial charge in [0.2, 0.25) is 5.88 Å². The lowest BCUT2D eigenvalue weighted by Crippen LogP contribution is -2.34. The van der Waals surface area contributed by atoms with Gasteiger partial charge in [0, 0.05) is 18.5 Å². The van der Waals surface area contributed by atoms with Crippen molar-refractivity contribution in [3.05, 3.63) is 41.2 Å². The van der Waals surface area contributed by atoms with E-state index in [9.17, 15) is 18.4 Å². The van der Waals surface area contributed by atoms with E-state index in [2.05, 4.69) is 34.1 Å². The molecule has 3 atom stereocenters. The smallest absolute Gasteiger partial charge is 0.418 e. The number of hydrogen-bond donors (Lipinski definition) is 1. The average molecular weight is 441 g/mol. The molecule has 0 radical (unpaired) electrons. The molecule has 0 amide bonds. The lowest BCUT2D eigenvalue weighted by atomic mass is 9.95. The minimum absolute atomic E-state index is 0.0194. The molecule has 2 aliphatic heterocycles. The number of anilines is 2. The van der Waals surface area contributed by atoms with Crippen molar-refractivity contribution in [3.8, 4) is 11.9 Å². The highest BCUT2D eigenvalue weighted by molar-refractivity contribution is 6.05. The normalized spacial score (nSPS) is 26.0. The number of halogens is 3. The Morgan fingerprint density at radius 1 is 1.28 bits per heavy atom. The fourth-order valence-electron chi connectivity index (χ4n) is 5.05. The van der Waals surface area contributed by atoms with Crippen LogP contribution in [-0.4, -0.2) is 40.9 Å². The van der Waals surface area contributed by atoms with Crippen LogP contribution in [0.15, 0.2) is 24.5 Å². The molecule has 0 spiro atoms. The molecule has 2 saturated heterocycles. The highest BCUT2D eigenvalue weighted by Gasteiger charge is 2.47. The Morgan fingerprint density at radius 2 is 2.06 bits per heavy atom. The van der Waals surface area contributed by atoms with Crippen LogP contribution in [-0.2, 0) is 11.6 Å². The van der Waals surface area contributed by atoms with Crippen molar-refractivity contribution in [1.82, 2.24) is 14.8 Å². The summed E-state index contributed by atoms with van der Waals surface area (Å²) in [7, 11) is 2.10. The number of aromatic nitrogens is 2. The lowest BCUT2D eigenvalue weighted by Gasteiger charge is -2.24. The molecular formula is C22H23BF3N5O. The zero-order chi connectivity index (χ0) is 22.7. The van der Waals surface area contributed by atoms with E-state index in [4.69, 9.17) is 4.74 Å². The molecule has 5 rings (SSSR count). The van der Waals surface area contributed by atoms with Crippen LogP contribution in [0.3, 0.4) is 0 Å². The Labute approximate surface area is 185 Å². The van der Waals surface area contributed by atoms with Crippen LogP contribution in [0.1, 0.15) is 48.8 Å². The third-order valence-electron chi connectivity index (χ3n) is 7.22. The standard InChI is InChI=1S/C22H23BF3N5O/c1-12-19(28-11-29-20(12)32-18-9-14-3-5-17(18)31(14)23)30-16-4-2-13(21(10-27)6-7-21)8-15(16)22(24,25)26/h2,4,8,11,14,17-18H,3,5-7,9,23H2,1H3,(H,28,29,30). The Bertz CT molecular complexity index is 1100. The van der Waals surface area contributed by atoms with Crippen molar-refractivity contribution in [3.63, 3.8) is 0 Å². The molecule has 10 heteroatoms. The maximum atomic E-state index is 13.8. The molecule has 2 aromatic rings. The number of nitrogens with zero attached hydrogens (tertiary/aromatic N) is 4. The minimum Gasteiger partial charge on any atom is -0.472 e. The van der Waals surface area contributed by atoms with Crippen LogP contribution >= 0.6 is 0 Å². The van der Waals surface area contributed by atoms with Gasteiger partial charge in [-0.3, -0.25) is 0 Å². The van der Waals surface area contributed by atoms with E-state index in [1.807, 2.05) is 0 Å². The predicted molar refractivity (Wildman–Crippen MR) is 114 cm³/mol. The summed E-state index contributed by atoms with van der Waals surface area (Å²) < 4.78 is 47.7. The molecule has 1 aliphatic carbocycles. The largest absolute Gasteiger partial charge is 0.472 e. The van der Waals surface area contributed by atoms with Gasteiger partial charge in [0.15, 0.2) is 7.98 Å². The number of benzene rings is 1. The SMILES string of the molecule is BN1C2CCC1C(Oc1ncnc(Nc3ccc(C4(C#N)CC4)cc3C(F)(F)F)c1C)C2. The van der Waals surface area contributed by atoms with E-state index in [-0.39, 0.29) is 17.6 Å². The number of alkyl halides is 3. The first-order chi connectivity index (χ1) is 15.2. The van der Waals surface area contributed by atoms with E-state index < -0.39 is 17.2 Å². The summed E-state index contributed by atoms with van der Waals surface area (Å²) >= 11 is 0. The Hall–Kier alpha value is -2.80. The van der Waals surface area contributed by atoms with Crippen molar-refractivity contribution >= 4 is 19.5 Å². The van der Waals surface area contributed by atoms with E-state index in [0.29, 0.717) is 41.9 Å². The fraction of sp³-hybridized carbons (Fsp3) is 0.500. The Kier molecular flexibility index (Phi) is 4.86. The highest BCUT2D eigenvalue weighted by atomic mass is 19.4. The third-order valence-corrected chi connectivity index (χ3v) is 7.22. The average Bonchev–Trinajstić information content (AvgIpc) is 3.42. The van der Waals surface area contributed by atoms with Gasteiger partial charge in [0.25, 0.3) is 0 Å². The van der Waals surface area contributed by atoms with Gasteiger partial charge in [-0.05, 0) is 50.3 Å². The molecule has 1 aromatic carbocycles. The van der Waals surface area contributed by atoms with E-state index >= 15 is 0 Å². The molecular weight excluding hydrogens is 418 g/mol. The molecule has 1 aromatic heterocycles. The number of ether oxygens (including phenoxy) is 1. The summed E-state index contributed by atoms with van der Waals surface area (Å²) in [6.07, 6.45) is 1.08. The molecule has 166 valence electrons. The summed E-state index contributed by atoms with van der Waals surface area (Å²) in [6.45, 7) is 1.74. The van der Waals surface area contributed by atoms with Crippen molar-refractivity contribution in [2.24, 2.45) is 0 Å². The van der Waals surface area contributed by atoms with Crippen LogP contribution in [0.25, 0.3) is 0 Å². The maximum absolute atomic E-state index is 13.8. The van der Waals surface area contributed by atoms with Gasteiger partial charge in [-0.25, -0.2) is 9.97 Å². The summed E-state index contributed by atoms with van der Waals surface area (Å²) in [5, 5.41) is 12.2. The minimum atomic E-state index is -4.57. The molecule has 1 saturated carbocycles. The van der Waals surface area contributed by atoms with Crippen LogP contribution in [0.2, 0.25) is 0 Å². The van der Waals surface area contributed by atoms with Crippen molar-refractivity contribution in [1.29, 1.82) is 5.26 Å². The third kappa shape index (κ3) is 3.49. The van der Waals surface area contributed by atoms with Crippen LogP contribution < -0.4 is 10.1 Å². The molecule has 3 heterocycles. The maximum Gasteiger partial charge on any atom is 0.418 e. The van der Waals surface area contributed by atoms with Gasteiger partial charge < -0.3 is 14.9 Å². The van der Waals surface area contributed by atoms with Crippen LogP contribution in [0.4, 0.5) is 24.7 Å². The van der Waals surface area contributed by atoms with Crippen molar-refractivity contribution in [2.75, 3.05) is 5.32 Å². The molecule has 3 unspecified atom stereocenters. The van der Waals surface area contributed by atoms with Gasteiger partial charge >= 0.3 is 6.18 Å². The van der Waals surface area contributed by atoms with Crippen molar-refractivity contribution < 1.29 is 17.9 Å². The Balaban J connectivity index is 1.42. The van der Waals surface area contributed by atoms with Gasteiger partial charge in [-0.15, -0.1) is 0 Å². The second-order valence-corrected chi connectivity index (χ2v) is 9.09. The van der Waals surface area contributed by atoms with Gasteiger partial charge in [-0.2, -0.15) is 18.4 Å². The van der Waals surface area contributed by atoms with E-state index in [0.717, 1.165) is 18.9 Å². The predicted octanol–water partition coefficient (Wildman–Crippen LogP) is 3.63. The first-order valence-electron chi connectivity index (χ1n) is 10.8. The number of rotatable bonds is 5. The quantitative estimate of drug-likeness (QED) is 0.715. The second-order valence-electron chi connectivity index (χ2n) is 9.09. The highest BCUT2D eigenvalue weighted by Crippen LogP contribution is 2.49. The second kappa shape index (κ2) is 7.37. The molecule has 3 fully saturated rings. The lowest BCUT2D eigenvalue weighted by molar-refractivity contribution is -0.137. The van der Waals surface area contributed by atoms with Gasteiger partial charge in [0.1, 0.15) is 18.2 Å². The number of fused-ring (bicyclic) bond motifs is 2. The number of nitriles is 1. The Morgan fingerprint density at radius 3 is 2.66 bits per heavy atom. The number of nitrogens with one attached hydrogen (secondary N) is 1. The first kappa shape index (κ1) is 21.1. The zero-order valence-electron chi connectivity index (χ0n) is 17.9. The summed E-state index contributed by atoms with van der Waals surface area (Å²) in [5.74, 6) is 0.659. The monoisotopic (exact) mass is 441 g/mol. The molecule has 3 aliphatic rings. The molecule has 2 bridgehead atoms. The summed E-state index contributed by atoms with van der Waals surface area (Å²) in [6, 6.07) is 7.05. The van der Waals surface area contributed by atoms with Gasteiger partial charge in [-0.1, -0.05) is 6.07 Å². The van der Waals surface area contributed by atoms with Gasteiger partial charge in [0.05, 0.1) is 28.3 Å². The molecule has 1 N–H and O–H groups in total. The molecule has 32 heavy (non-hydrogen) atoms. The van der Waals surface area contributed by atoms with E-state index in [1.165, 1.54) is 18.8 Å². The van der Waals surface area contributed by atoms with Crippen LogP contribution in [0.5, 0.6) is 5.88 Å².